The number of aryl methyl sites for hydroxylation is 1. The molecule has 0 saturated carbocycles. The number of benzene rings is 1. The van der Waals surface area contributed by atoms with E-state index in [2.05, 4.69) is 45.0 Å². The van der Waals surface area contributed by atoms with E-state index in [1.165, 1.54) is 0 Å². The molecule has 0 bridgehead atoms. The number of carbonyl (C=O) groups excluding carboxylic acids is 1. The van der Waals surface area contributed by atoms with Crippen molar-refractivity contribution < 1.29 is 17.7 Å². The van der Waals surface area contributed by atoms with Crippen LogP contribution in [0.5, 0.6) is 0 Å². The molecule has 0 saturated heterocycles. The molecule has 1 aliphatic rings. The quantitative estimate of drug-likeness (QED) is 0.619. The van der Waals surface area contributed by atoms with E-state index >= 15 is 0 Å². The van der Waals surface area contributed by atoms with Gasteiger partial charge in [-0.05, 0) is 51.9 Å². The maximum Gasteiger partial charge on any atom is 0.260 e. The molecule has 0 fully saturated rings. The monoisotopic (exact) mass is 485 g/mol. The maximum atomic E-state index is 13.1. The van der Waals surface area contributed by atoms with Gasteiger partial charge in [-0.1, -0.05) is 49.0 Å². The van der Waals surface area contributed by atoms with E-state index in [-0.39, 0.29) is 12.3 Å². The Morgan fingerprint density at radius 3 is 2.50 bits per heavy atom. The lowest BCUT2D eigenvalue weighted by Gasteiger charge is -2.26. The van der Waals surface area contributed by atoms with Gasteiger partial charge in [-0.2, -0.15) is 0 Å². The average Bonchev–Trinajstić information content (AvgIpc) is 3.26. The van der Waals surface area contributed by atoms with Gasteiger partial charge in [0.15, 0.2) is 0 Å². The number of halogens is 1. The van der Waals surface area contributed by atoms with Gasteiger partial charge >= 0.3 is 0 Å². The Morgan fingerprint density at radius 2 is 2.00 bits per heavy atom. The van der Waals surface area contributed by atoms with Gasteiger partial charge < -0.3 is 9.84 Å². The maximum absolute atomic E-state index is 13.1. The van der Waals surface area contributed by atoms with Crippen LogP contribution in [0, 0.1) is 6.92 Å². The van der Waals surface area contributed by atoms with E-state index in [0.29, 0.717) is 21.8 Å². The lowest BCUT2D eigenvalue weighted by atomic mass is 10.0. The zero-order valence-electron chi connectivity index (χ0n) is 15.5. The number of amides is 1. The third-order valence-corrected chi connectivity index (χ3v) is 8.99. The fraction of sp³-hybridized carbons (Fsp3) is 0.333. The first-order chi connectivity index (χ1) is 13.2. The van der Waals surface area contributed by atoms with Crippen molar-refractivity contribution in [3.63, 3.8) is 0 Å². The SMILES string of the molecule is Cc1noc(NS(=O)(=O)C2(C(=O)Nc3ccc(C(C)C)cc3)CC=CS2)c1Br. The number of hydrogen-bond acceptors (Lipinski definition) is 6. The first kappa shape index (κ1) is 20.9. The van der Waals surface area contributed by atoms with E-state index in [1.54, 1.807) is 30.5 Å². The first-order valence-electron chi connectivity index (χ1n) is 8.54. The predicted octanol–water partition coefficient (Wildman–Crippen LogP) is 4.60. The van der Waals surface area contributed by atoms with Gasteiger partial charge in [-0.15, -0.1) is 0 Å². The number of sulfonamides is 1. The van der Waals surface area contributed by atoms with Crippen LogP contribution in [0.1, 0.15) is 37.4 Å². The van der Waals surface area contributed by atoms with Crippen molar-refractivity contribution in [1.29, 1.82) is 0 Å². The van der Waals surface area contributed by atoms with Crippen LogP contribution in [-0.2, 0) is 14.8 Å². The van der Waals surface area contributed by atoms with Gasteiger partial charge in [0.1, 0.15) is 4.47 Å². The van der Waals surface area contributed by atoms with Gasteiger partial charge in [0.05, 0.1) is 5.69 Å². The molecule has 150 valence electrons. The van der Waals surface area contributed by atoms with E-state index in [1.807, 2.05) is 12.1 Å². The third kappa shape index (κ3) is 3.85. The highest BCUT2D eigenvalue weighted by molar-refractivity contribution is 9.10. The first-order valence-corrected chi connectivity index (χ1v) is 11.7. The highest BCUT2D eigenvalue weighted by atomic mass is 79.9. The Morgan fingerprint density at radius 1 is 1.32 bits per heavy atom. The molecular formula is C18H20BrN3O4S2. The number of rotatable bonds is 6. The summed E-state index contributed by atoms with van der Waals surface area (Å²) in [4.78, 5) is 13.0. The lowest BCUT2D eigenvalue weighted by molar-refractivity contribution is -0.116. The molecule has 1 aliphatic heterocycles. The normalized spacial score (nSPS) is 19.2. The number of aromatic nitrogens is 1. The van der Waals surface area contributed by atoms with E-state index < -0.39 is 20.0 Å². The van der Waals surface area contributed by atoms with Crippen LogP contribution in [0.4, 0.5) is 11.6 Å². The number of thioether (sulfide) groups is 1. The number of hydrogen-bond donors (Lipinski definition) is 2. The van der Waals surface area contributed by atoms with Crippen molar-refractivity contribution in [3.8, 4) is 0 Å². The zero-order valence-corrected chi connectivity index (χ0v) is 18.7. The molecule has 1 aromatic carbocycles. The van der Waals surface area contributed by atoms with Crippen molar-refractivity contribution in [3.05, 3.63) is 51.5 Å². The Kier molecular flexibility index (Phi) is 5.92. The van der Waals surface area contributed by atoms with Crippen molar-refractivity contribution in [2.24, 2.45) is 0 Å². The molecule has 0 spiro atoms. The second kappa shape index (κ2) is 7.92. The van der Waals surface area contributed by atoms with Gasteiger partial charge in [0, 0.05) is 12.1 Å². The molecule has 10 heteroatoms. The van der Waals surface area contributed by atoms with Gasteiger partial charge in [0.2, 0.25) is 4.08 Å². The molecule has 0 aliphatic carbocycles. The smallest absolute Gasteiger partial charge is 0.260 e. The van der Waals surface area contributed by atoms with Crippen LogP contribution in [0.3, 0.4) is 0 Å². The summed E-state index contributed by atoms with van der Waals surface area (Å²) >= 11 is 4.18. The molecule has 1 unspecified atom stereocenters. The van der Waals surface area contributed by atoms with Crippen molar-refractivity contribution in [2.75, 3.05) is 10.0 Å². The van der Waals surface area contributed by atoms with Gasteiger partial charge in [-0.3, -0.25) is 4.79 Å². The minimum Gasteiger partial charge on any atom is -0.336 e. The van der Waals surface area contributed by atoms with Crippen LogP contribution in [0.15, 0.2) is 44.7 Å². The van der Waals surface area contributed by atoms with Crippen LogP contribution in [-0.4, -0.2) is 23.6 Å². The number of nitrogens with one attached hydrogen (secondary N) is 2. The van der Waals surface area contributed by atoms with E-state index in [4.69, 9.17) is 4.52 Å². The number of nitrogens with zero attached hydrogens (tertiary/aromatic N) is 1. The standard InChI is InChI=1S/C18H20BrN3O4S2/c1-11(2)13-5-7-14(8-6-13)20-17(23)18(9-4-10-27-18)28(24,25)22-16-15(19)12(3)21-26-16/h4-8,10-11,22H,9H2,1-3H3,(H,20,23). The summed E-state index contributed by atoms with van der Waals surface area (Å²) in [5, 5.41) is 8.05. The molecule has 7 nitrogen and oxygen atoms in total. The Hall–Kier alpha value is -1.78. The summed E-state index contributed by atoms with van der Waals surface area (Å²) in [6.45, 7) is 5.82. The summed E-state index contributed by atoms with van der Waals surface area (Å²) in [6, 6.07) is 7.36. The topological polar surface area (TPSA) is 101 Å². The third-order valence-electron chi connectivity index (χ3n) is 4.37. The summed E-state index contributed by atoms with van der Waals surface area (Å²) in [5.41, 5.74) is 2.16. The number of anilines is 2. The van der Waals surface area contributed by atoms with Gasteiger partial charge in [0.25, 0.3) is 21.8 Å². The Labute approximate surface area is 176 Å². The molecule has 2 heterocycles. The molecule has 28 heavy (non-hydrogen) atoms. The molecule has 1 amide bonds. The molecule has 0 radical (unpaired) electrons. The molecule has 2 N–H and O–H groups in total. The van der Waals surface area contributed by atoms with Crippen LogP contribution >= 0.6 is 27.7 Å². The largest absolute Gasteiger partial charge is 0.336 e. The van der Waals surface area contributed by atoms with Crippen LogP contribution < -0.4 is 10.0 Å². The minimum absolute atomic E-state index is 0.0354. The van der Waals surface area contributed by atoms with E-state index in [0.717, 1.165) is 17.3 Å². The summed E-state index contributed by atoms with van der Waals surface area (Å²) in [7, 11) is -4.15. The molecule has 3 rings (SSSR count). The van der Waals surface area contributed by atoms with Crippen molar-refractivity contribution >= 4 is 55.2 Å². The Bertz CT molecular complexity index is 1010. The minimum atomic E-state index is -4.15. The number of carbonyl (C=O) groups is 1. The fourth-order valence-electron chi connectivity index (χ4n) is 2.65. The average molecular weight is 486 g/mol. The van der Waals surface area contributed by atoms with E-state index in [9.17, 15) is 13.2 Å². The molecule has 2 aromatic rings. The van der Waals surface area contributed by atoms with Crippen LogP contribution in [0.2, 0.25) is 0 Å². The Balaban J connectivity index is 1.86. The summed E-state index contributed by atoms with van der Waals surface area (Å²) < 4.78 is 32.3. The highest BCUT2D eigenvalue weighted by Gasteiger charge is 2.53. The number of allylic oxidation sites excluding steroid dienone is 1. The molecule has 1 atom stereocenters. The predicted molar refractivity (Wildman–Crippen MR) is 115 cm³/mol. The summed E-state index contributed by atoms with van der Waals surface area (Å²) in [5.74, 6) is -0.322. The molecular weight excluding hydrogens is 466 g/mol. The second-order valence-corrected chi connectivity index (χ2v) is 10.9. The fourth-order valence-corrected chi connectivity index (χ4v) is 5.75. The van der Waals surface area contributed by atoms with Gasteiger partial charge in [-0.25, -0.2) is 13.1 Å². The lowest BCUT2D eigenvalue weighted by Crippen LogP contribution is -2.48. The van der Waals surface area contributed by atoms with Crippen molar-refractivity contribution in [1.82, 2.24) is 5.16 Å². The second-order valence-electron chi connectivity index (χ2n) is 6.69. The highest BCUT2D eigenvalue weighted by Crippen LogP contribution is 2.43. The van der Waals surface area contributed by atoms with Crippen LogP contribution in [0.25, 0.3) is 0 Å². The zero-order chi connectivity index (χ0) is 20.5. The summed E-state index contributed by atoms with van der Waals surface area (Å²) in [6.07, 6.45) is 1.69. The molecule has 1 aromatic heterocycles. The van der Waals surface area contributed by atoms with Crippen molar-refractivity contribution in [2.45, 2.75) is 37.2 Å².